The molecule has 1 aliphatic carbocycles. The number of alkyl halides is 2. The summed E-state index contributed by atoms with van der Waals surface area (Å²) in [5.41, 5.74) is 2.86. The summed E-state index contributed by atoms with van der Waals surface area (Å²) >= 11 is 17.9. The minimum Gasteiger partial charge on any atom is -0.497 e. The van der Waals surface area contributed by atoms with Crippen molar-refractivity contribution in [3.8, 4) is 5.75 Å². The van der Waals surface area contributed by atoms with E-state index in [2.05, 4.69) is 12.1 Å². The summed E-state index contributed by atoms with van der Waals surface area (Å²) in [6.07, 6.45) is 0.701. The van der Waals surface area contributed by atoms with Gasteiger partial charge in [-0.05, 0) is 35.2 Å². The Kier molecular flexibility index (Phi) is 3.73. The zero-order chi connectivity index (χ0) is 15.1. The lowest BCUT2D eigenvalue weighted by Crippen LogP contribution is -2.17. The Labute approximate surface area is 139 Å². The van der Waals surface area contributed by atoms with Gasteiger partial charge in [0.1, 0.15) is 10.1 Å². The van der Waals surface area contributed by atoms with Crippen LogP contribution in [-0.4, -0.2) is 16.8 Å². The van der Waals surface area contributed by atoms with Gasteiger partial charge in [0.05, 0.1) is 12.5 Å². The molecule has 1 fully saturated rings. The lowest BCUT2D eigenvalue weighted by molar-refractivity contribution is 0.414. The van der Waals surface area contributed by atoms with Crippen molar-refractivity contribution in [1.82, 2.24) is 0 Å². The van der Waals surface area contributed by atoms with Gasteiger partial charge in [0.15, 0.2) is 0 Å². The van der Waals surface area contributed by atoms with Crippen LogP contribution in [0.15, 0.2) is 48.5 Å². The van der Waals surface area contributed by atoms with Gasteiger partial charge in [0, 0.05) is 5.37 Å². The number of methoxy groups -OCH3 is 1. The van der Waals surface area contributed by atoms with Crippen LogP contribution in [0, 0.1) is 0 Å². The van der Waals surface area contributed by atoms with Gasteiger partial charge in [-0.3, -0.25) is 0 Å². The Morgan fingerprint density at radius 3 is 1.86 bits per heavy atom. The molecule has 3 rings (SSSR count). The first-order chi connectivity index (χ1) is 10.0. The predicted molar refractivity (Wildman–Crippen MR) is 92.0 cm³/mol. The van der Waals surface area contributed by atoms with Gasteiger partial charge in [-0.25, -0.2) is 0 Å². The van der Waals surface area contributed by atoms with E-state index in [-0.39, 0.29) is 5.41 Å². The van der Waals surface area contributed by atoms with Crippen LogP contribution >= 0.6 is 35.4 Å². The van der Waals surface area contributed by atoms with Crippen LogP contribution in [-0.2, 0) is 5.41 Å². The first-order valence-electron chi connectivity index (χ1n) is 6.61. The molecule has 1 unspecified atom stereocenters. The van der Waals surface area contributed by atoms with Gasteiger partial charge in [0.25, 0.3) is 0 Å². The summed E-state index contributed by atoms with van der Waals surface area (Å²) in [7, 11) is 1.65. The van der Waals surface area contributed by atoms with Crippen LogP contribution in [0.25, 0.3) is 0 Å². The summed E-state index contributed by atoms with van der Waals surface area (Å²) in [5, 5.41) is 1.66. The number of hydrogen-bond donors (Lipinski definition) is 0. The number of hydrogen-bond acceptors (Lipinski definition) is 2. The highest BCUT2D eigenvalue weighted by Gasteiger charge is 2.68. The maximum atomic E-state index is 6.49. The third-order valence-corrected chi connectivity index (χ3v) is 5.29. The maximum absolute atomic E-state index is 6.49. The van der Waals surface area contributed by atoms with E-state index in [1.165, 1.54) is 0 Å². The van der Waals surface area contributed by atoms with Crippen molar-refractivity contribution in [3.63, 3.8) is 0 Å². The standard InChI is InChI=1S/C17H14Cl2OS/c1-20-15-8-6-14(7-9-15)16(11-17(16,18)19)13-4-2-12(10-21)3-5-13/h2-10H,11H2,1H3. The molecule has 1 saturated carbocycles. The SMILES string of the molecule is COc1ccc(C2(c3ccc(C=S)cc3)CC2(Cl)Cl)cc1. The molecule has 21 heavy (non-hydrogen) atoms. The van der Waals surface area contributed by atoms with E-state index in [4.69, 9.17) is 40.2 Å². The minimum atomic E-state index is -0.777. The lowest BCUT2D eigenvalue weighted by Gasteiger charge is -2.20. The summed E-state index contributed by atoms with van der Waals surface area (Å²) in [5.74, 6) is 0.820. The molecule has 0 N–H and O–H groups in total. The van der Waals surface area contributed by atoms with E-state index in [1.54, 1.807) is 12.5 Å². The van der Waals surface area contributed by atoms with Crippen LogP contribution < -0.4 is 4.74 Å². The second-order valence-corrected chi connectivity index (χ2v) is 6.97. The molecule has 0 aromatic heterocycles. The zero-order valence-electron chi connectivity index (χ0n) is 11.5. The number of benzene rings is 2. The van der Waals surface area contributed by atoms with E-state index in [0.29, 0.717) is 6.42 Å². The Morgan fingerprint density at radius 2 is 1.48 bits per heavy atom. The summed E-state index contributed by atoms with van der Waals surface area (Å²) in [4.78, 5) is 0. The fourth-order valence-corrected chi connectivity index (χ4v) is 3.80. The normalized spacial score (nSPS) is 22.6. The molecule has 2 aromatic rings. The van der Waals surface area contributed by atoms with Crippen molar-refractivity contribution in [2.24, 2.45) is 0 Å². The third-order valence-electron chi connectivity index (χ3n) is 4.11. The molecule has 2 aromatic carbocycles. The molecule has 4 heteroatoms. The molecule has 0 radical (unpaired) electrons. The van der Waals surface area contributed by atoms with Crippen molar-refractivity contribution in [1.29, 1.82) is 0 Å². The Hall–Kier alpha value is -1.09. The van der Waals surface area contributed by atoms with Crippen molar-refractivity contribution >= 4 is 40.8 Å². The van der Waals surface area contributed by atoms with Gasteiger partial charge >= 0.3 is 0 Å². The summed E-state index contributed by atoms with van der Waals surface area (Å²) in [6, 6.07) is 16.0. The molecule has 0 aliphatic heterocycles. The predicted octanol–water partition coefficient (Wildman–Crippen LogP) is 4.91. The Bertz CT molecular complexity index is 664. The molecule has 108 valence electrons. The minimum absolute atomic E-state index is 0.359. The topological polar surface area (TPSA) is 9.23 Å². The second-order valence-electron chi connectivity index (χ2n) is 5.25. The first kappa shape index (κ1) is 14.8. The van der Waals surface area contributed by atoms with Gasteiger partial charge in [-0.1, -0.05) is 48.6 Å². The van der Waals surface area contributed by atoms with Crippen LogP contribution in [0.3, 0.4) is 0 Å². The average Bonchev–Trinajstić information content (AvgIpc) is 3.11. The highest BCUT2D eigenvalue weighted by atomic mass is 35.5. The number of thiocarbonyl (C=S) groups is 1. The molecule has 1 aliphatic rings. The third kappa shape index (κ3) is 2.36. The molecule has 1 nitrogen and oxygen atoms in total. The smallest absolute Gasteiger partial charge is 0.133 e. The summed E-state index contributed by atoms with van der Waals surface area (Å²) < 4.78 is 4.43. The van der Waals surface area contributed by atoms with Crippen molar-refractivity contribution in [2.75, 3.05) is 7.11 Å². The fraction of sp³-hybridized carbons (Fsp3) is 0.235. The van der Waals surface area contributed by atoms with Crippen LogP contribution in [0.5, 0.6) is 5.75 Å². The van der Waals surface area contributed by atoms with Gasteiger partial charge in [0.2, 0.25) is 0 Å². The van der Waals surface area contributed by atoms with Crippen LogP contribution in [0.4, 0.5) is 0 Å². The number of rotatable bonds is 4. The number of ether oxygens (including phenoxy) is 1. The van der Waals surface area contributed by atoms with Gasteiger partial charge in [-0.2, -0.15) is 0 Å². The van der Waals surface area contributed by atoms with E-state index >= 15 is 0 Å². The van der Waals surface area contributed by atoms with Crippen molar-refractivity contribution in [3.05, 3.63) is 65.2 Å². The largest absolute Gasteiger partial charge is 0.497 e. The average molecular weight is 337 g/mol. The van der Waals surface area contributed by atoms with E-state index in [1.807, 2.05) is 36.4 Å². The van der Waals surface area contributed by atoms with Crippen LogP contribution in [0.1, 0.15) is 23.1 Å². The fourth-order valence-electron chi connectivity index (χ4n) is 2.80. The number of halogens is 2. The maximum Gasteiger partial charge on any atom is 0.133 e. The first-order valence-corrected chi connectivity index (χ1v) is 7.84. The van der Waals surface area contributed by atoms with E-state index in [9.17, 15) is 0 Å². The molecule has 0 spiro atoms. The highest BCUT2D eigenvalue weighted by Crippen LogP contribution is 2.68. The van der Waals surface area contributed by atoms with E-state index in [0.717, 1.165) is 22.4 Å². The molecule has 0 amide bonds. The molecule has 0 bridgehead atoms. The molecular formula is C17H14Cl2OS. The lowest BCUT2D eigenvalue weighted by atomic mass is 9.87. The monoisotopic (exact) mass is 336 g/mol. The van der Waals surface area contributed by atoms with E-state index < -0.39 is 4.33 Å². The molecule has 1 atom stereocenters. The van der Waals surface area contributed by atoms with Crippen molar-refractivity contribution in [2.45, 2.75) is 16.2 Å². The quantitative estimate of drug-likeness (QED) is 0.579. The zero-order valence-corrected chi connectivity index (χ0v) is 13.8. The molecular weight excluding hydrogens is 323 g/mol. The highest BCUT2D eigenvalue weighted by molar-refractivity contribution is 7.79. The molecule has 0 heterocycles. The van der Waals surface area contributed by atoms with Gasteiger partial charge in [-0.15, -0.1) is 23.2 Å². The Balaban J connectivity index is 2.05. The molecule has 0 saturated heterocycles. The second kappa shape index (κ2) is 5.28. The Morgan fingerprint density at radius 1 is 1.00 bits per heavy atom. The van der Waals surface area contributed by atoms with Crippen molar-refractivity contribution < 1.29 is 4.74 Å². The van der Waals surface area contributed by atoms with Crippen LogP contribution in [0.2, 0.25) is 0 Å². The van der Waals surface area contributed by atoms with Gasteiger partial charge < -0.3 is 4.74 Å². The summed E-state index contributed by atoms with van der Waals surface area (Å²) in [6.45, 7) is 0.